The van der Waals surface area contributed by atoms with Crippen LogP contribution in [0.2, 0.25) is 0 Å². The Labute approximate surface area is 331 Å². The Bertz CT molecular complexity index is 2990. The molecule has 0 amide bonds. The topological polar surface area (TPSA) is 51.6 Å². The van der Waals surface area contributed by atoms with Gasteiger partial charge in [-0.05, 0) is 34.4 Å². The quantitative estimate of drug-likeness (QED) is 0.170. The van der Waals surface area contributed by atoms with Gasteiger partial charge in [-0.3, -0.25) is 0 Å². The highest BCUT2D eigenvalue weighted by atomic mass is 32.1. The molecule has 0 aliphatic heterocycles. The summed E-state index contributed by atoms with van der Waals surface area (Å²) in [6.07, 6.45) is 0. The summed E-state index contributed by atoms with van der Waals surface area (Å²) in [5.41, 5.74) is 12.8. The Morgan fingerprint density at radius 1 is 0.268 bits per heavy atom. The zero-order valence-corrected chi connectivity index (χ0v) is 31.6. The molecule has 0 spiro atoms. The molecule has 0 atom stereocenters. The molecule has 6 heteroatoms. The molecular formula is C50H30N4S2. The highest BCUT2D eigenvalue weighted by molar-refractivity contribution is 7.26. The van der Waals surface area contributed by atoms with Crippen LogP contribution in [0.1, 0.15) is 0 Å². The molecule has 0 unspecified atom stereocenters. The fourth-order valence-electron chi connectivity index (χ4n) is 7.50. The molecule has 4 nitrogen and oxygen atoms in total. The predicted molar refractivity (Wildman–Crippen MR) is 236 cm³/mol. The minimum absolute atomic E-state index is 0.742. The summed E-state index contributed by atoms with van der Waals surface area (Å²) in [6, 6.07) is 63.8. The number of fused-ring (bicyclic) bond motifs is 6. The van der Waals surface area contributed by atoms with Crippen LogP contribution < -0.4 is 0 Å². The fourth-order valence-corrected chi connectivity index (χ4v) is 9.81. The summed E-state index contributed by atoms with van der Waals surface area (Å²) in [5, 5.41) is 2.33. The molecular weight excluding hydrogens is 721 g/mol. The number of hydrogen-bond donors (Lipinski definition) is 0. The third-order valence-electron chi connectivity index (χ3n) is 10.4. The van der Waals surface area contributed by atoms with Crippen molar-refractivity contribution >= 4 is 63.3 Å². The van der Waals surface area contributed by atoms with Gasteiger partial charge in [-0.25, -0.2) is 19.9 Å². The van der Waals surface area contributed by atoms with Crippen LogP contribution in [0.3, 0.4) is 0 Å². The molecule has 0 bridgehead atoms. The van der Waals surface area contributed by atoms with E-state index in [1.165, 1.54) is 20.2 Å². The minimum Gasteiger partial charge on any atom is -0.226 e. The molecule has 4 heterocycles. The fraction of sp³-hybridized carbons (Fsp3) is 0. The highest BCUT2D eigenvalue weighted by Crippen LogP contribution is 2.41. The Morgan fingerprint density at radius 3 is 0.964 bits per heavy atom. The van der Waals surface area contributed by atoms with E-state index in [9.17, 15) is 0 Å². The molecule has 56 heavy (non-hydrogen) atoms. The maximum Gasteiger partial charge on any atom is 0.160 e. The molecule has 4 aromatic heterocycles. The summed E-state index contributed by atoms with van der Waals surface area (Å²) in [4.78, 5) is 20.4. The van der Waals surface area contributed by atoms with E-state index < -0.39 is 0 Å². The first-order valence-corrected chi connectivity index (χ1v) is 20.2. The van der Waals surface area contributed by atoms with Crippen molar-refractivity contribution in [1.82, 2.24) is 19.9 Å². The number of aromatic nitrogens is 4. The van der Waals surface area contributed by atoms with Crippen LogP contribution in [0.5, 0.6) is 0 Å². The smallest absolute Gasteiger partial charge is 0.160 e. The van der Waals surface area contributed by atoms with E-state index in [1.54, 1.807) is 22.7 Å². The second kappa shape index (κ2) is 13.5. The van der Waals surface area contributed by atoms with Crippen LogP contribution in [-0.2, 0) is 0 Å². The number of hydrogen-bond acceptors (Lipinski definition) is 6. The minimum atomic E-state index is 0.742. The van der Waals surface area contributed by atoms with Gasteiger partial charge in [-0.15, -0.1) is 22.7 Å². The van der Waals surface area contributed by atoms with Crippen molar-refractivity contribution in [3.8, 4) is 67.5 Å². The van der Waals surface area contributed by atoms with Crippen LogP contribution in [0, 0.1) is 0 Å². The van der Waals surface area contributed by atoms with E-state index in [2.05, 4.69) is 146 Å². The van der Waals surface area contributed by atoms with Gasteiger partial charge >= 0.3 is 0 Å². The third kappa shape index (κ3) is 5.66. The summed E-state index contributed by atoms with van der Waals surface area (Å²) in [7, 11) is 0. The van der Waals surface area contributed by atoms with E-state index in [4.69, 9.17) is 19.9 Å². The first kappa shape index (κ1) is 32.6. The van der Waals surface area contributed by atoms with Gasteiger partial charge in [-0.2, -0.15) is 0 Å². The maximum absolute atomic E-state index is 5.15. The van der Waals surface area contributed by atoms with Crippen LogP contribution >= 0.6 is 22.7 Å². The zero-order valence-electron chi connectivity index (χ0n) is 29.9. The molecule has 0 radical (unpaired) electrons. The van der Waals surface area contributed by atoms with Crippen molar-refractivity contribution in [1.29, 1.82) is 0 Å². The standard InChI is InChI=1S/C50H30N4S2/c1-3-11-37(12-4-1)49-51-43(47-45(53-49)39-15-7-9-17-41(39)55-47)35-27-23-33(24-28-35)31-19-21-32(22-20-31)34-25-29-36(30-26-34)44-48-46(40-16-8-10-18-42(40)56-48)54-50(52-44)38-13-5-2-6-14-38/h1-30H. The van der Waals surface area contributed by atoms with Crippen molar-refractivity contribution in [3.63, 3.8) is 0 Å². The van der Waals surface area contributed by atoms with E-state index in [1.807, 2.05) is 36.4 Å². The number of benzene rings is 7. The van der Waals surface area contributed by atoms with E-state index in [0.717, 1.165) is 88.0 Å². The van der Waals surface area contributed by atoms with Crippen LogP contribution in [0.15, 0.2) is 182 Å². The Balaban J connectivity index is 0.904. The van der Waals surface area contributed by atoms with Gasteiger partial charge in [0, 0.05) is 42.4 Å². The monoisotopic (exact) mass is 750 g/mol. The lowest BCUT2D eigenvalue weighted by Crippen LogP contribution is -1.93. The molecule has 11 rings (SSSR count). The van der Waals surface area contributed by atoms with Crippen molar-refractivity contribution < 1.29 is 0 Å². The average molecular weight is 751 g/mol. The summed E-state index contributed by atoms with van der Waals surface area (Å²) in [6.45, 7) is 0. The van der Waals surface area contributed by atoms with Gasteiger partial charge < -0.3 is 0 Å². The SMILES string of the molecule is c1ccc(-c2nc(-c3ccc(-c4ccc(-c5ccc(-c6nc(-c7ccccc7)nc7c6sc6ccccc67)cc5)cc4)cc3)c3sc4ccccc4c3n2)cc1. The number of nitrogens with zero attached hydrogens (tertiary/aromatic N) is 4. The second-order valence-corrected chi connectivity index (χ2v) is 15.9. The van der Waals surface area contributed by atoms with Gasteiger partial charge in [0.1, 0.15) is 0 Å². The lowest BCUT2D eigenvalue weighted by atomic mass is 9.98. The largest absolute Gasteiger partial charge is 0.226 e. The zero-order chi connectivity index (χ0) is 37.0. The first-order chi connectivity index (χ1) is 27.7. The third-order valence-corrected chi connectivity index (χ3v) is 12.7. The van der Waals surface area contributed by atoms with Gasteiger partial charge in [0.2, 0.25) is 0 Å². The summed E-state index contributed by atoms with van der Waals surface area (Å²) in [5.74, 6) is 1.48. The number of thiophene rings is 2. The van der Waals surface area contributed by atoms with Crippen molar-refractivity contribution in [3.05, 3.63) is 182 Å². The summed E-state index contributed by atoms with van der Waals surface area (Å²) < 4.78 is 4.65. The van der Waals surface area contributed by atoms with Crippen LogP contribution in [0.25, 0.3) is 108 Å². The van der Waals surface area contributed by atoms with Crippen molar-refractivity contribution in [2.75, 3.05) is 0 Å². The molecule has 0 saturated heterocycles. The van der Waals surface area contributed by atoms with E-state index in [-0.39, 0.29) is 0 Å². The van der Waals surface area contributed by atoms with Crippen molar-refractivity contribution in [2.24, 2.45) is 0 Å². The lowest BCUT2D eigenvalue weighted by Gasteiger charge is -2.10. The second-order valence-electron chi connectivity index (χ2n) is 13.8. The Morgan fingerprint density at radius 2 is 0.589 bits per heavy atom. The highest BCUT2D eigenvalue weighted by Gasteiger charge is 2.18. The van der Waals surface area contributed by atoms with Gasteiger partial charge in [0.25, 0.3) is 0 Å². The average Bonchev–Trinajstić information content (AvgIpc) is 3.85. The van der Waals surface area contributed by atoms with Gasteiger partial charge in [-0.1, -0.05) is 170 Å². The molecule has 11 aromatic rings. The van der Waals surface area contributed by atoms with Crippen LogP contribution in [-0.4, -0.2) is 19.9 Å². The predicted octanol–water partition coefficient (Wildman–Crippen LogP) is 14.0. The Kier molecular flexibility index (Phi) is 7.83. The summed E-state index contributed by atoms with van der Waals surface area (Å²) >= 11 is 3.51. The first-order valence-electron chi connectivity index (χ1n) is 18.5. The van der Waals surface area contributed by atoms with E-state index >= 15 is 0 Å². The lowest BCUT2D eigenvalue weighted by molar-refractivity contribution is 1.24. The van der Waals surface area contributed by atoms with Gasteiger partial charge in [0.15, 0.2) is 11.6 Å². The van der Waals surface area contributed by atoms with Crippen LogP contribution in [0.4, 0.5) is 0 Å². The Hall–Kier alpha value is -6.86. The van der Waals surface area contributed by atoms with E-state index in [0.29, 0.717) is 0 Å². The molecule has 0 saturated carbocycles. The molecule has 7 aromatic carbocycles. The van der Waals surface area contributed by atoms with Crippen molar-refractivity contribution in [2.45, 2.75) is 0 Å². The molecule has 0 aliphatic carbocycles. The maximum atomic E-state index is 5.15. The molecule has 0 aliphatic rings. The van der Waals surface area contributed by atoms with Gasteiger partial charge in [0.05, 0.1) is 31.8 Å². The molecule has 0 N–H and O–H groups in total. The number of rotatable bonds is 6. The molecule has 262 valence electrons. The molecule has 0 fully saturated rings. The normalized spacial score (nSPS) is 11.6.